The second-order valence-corrected chi connectivity index (χ2v) is 6.28. The molecule has 0 radical (unpaired) electrons. The first-order valence-electron chi connectivity index (χ1n) is 6.67. The third-order valence-electron chi connectivity index (χ3n) is 4.40. The molecule has 0 amide bonds. The second kappa shape index (κ2) is 3.69. The summed E-state index contributed by atoms with van der Waals surface area (Å²) in [6, 6.07) is 1.70. The molecule has 3 rings (SSSR count). The van der Waals surface area contributed by atoms with Crippen LogP contribution < -0.4 is 5.56 Å². The number of nitrogens with one attached hydrogen (secondary N) is 1. The summed E-state index contributed by atoms with van der Waals surface area (Å²) in [4.78, 5) is 19.4. The molecule has 0 aliphatic heterocycles. The summed E-state index contributed by atoms with van der Waals surface area (Å²) < 4.78 is 0. The van der Waals surface area contributed by atoms with Crippen LogP contribution in [0.3, 0.4) is 0 Å². The molecule has 2 aliphatic carbocycles. The molecule has 1 atom stereocenters. The van der Waals surface area contributed by atoms with Crippen molar-refractivity contribution >= 4 is 0 Å². The first-order chi connectivity index (χ1) is 8.06. The summed E-state index contributed by atoms with van der Waals surface area (Å²) in [5, 5.41) is 0. The van der Waals surface area contributed by atoms with E-state index in [0.717, 1.165) is 17.9 Å². The van der Waals surface area contributed by atoms with Crippen LogP contribution in [0.4, 0.5) is 0 Å². The van der Waals surface area contributed by atoms with E-state index in [2.05, 4.69) is 18.8 Å². The Balaban J connectivity index is 1.93. The van der Waals surface area contributed by atoms with Crippen LogP contribution in [0.15, 0.2) is 10.9 Å². The maximum atomic E-state index is 11.7. The zero-order valence-corrected chi connectivity index (χ0v) is 10.6. The monoisotopic (exact) mass is 232 g/mol. The lowest BCUT2D eigenvalue weighted by Crippen LogP contribution is -2.14. The molecule has 17 heavy (non-hydrogen) atoms. The Morgan fingerprint density at radius 2 is 2.00 bits per heavy atom. The predicted molar refractivity (Wildman–Crippen MR) is 67.2 cm³/mol. The van der Waals surface area contributed by atoms with Gasteiger partial charge in [-0.3, -0.25) is 4.79 Å². The van der Waals surface area contributed by atoms with Crippen LogP contribution in [0.5, 0.6) is 0 Å². The molecule has 1 unspecified atom stereocenters. The molecule has 3 heteroatoms. The molecule has 1 N–H and O–H groups in total. The van der Waals surface area contributed by atoms with Crippen molar-refractivity contribution < 1.29 is 0 Å². The summed E-state index contributed by atoms with van der Waals surface area (Å²) >= 11 is 0. The summed E-state index contributed by atoms with van der Waals surface area (Å²) in [5.74, 6) is 1.90. The fourth-order valence-corrected chi connectivity index (χ4v) is 3.03. The van der Waals surface area contributed by atoms with Crippen LogP contribution in [0, 0.1) is 5.41 Å². The van der Waals surface area contributed by atoms with Crippen LogP contribution in [0.2, 0.25) is 0 Å². The molecule has 2 fully saturated rings. The van der Waals surface area contributed by atoms with E-state index >= 15 is 0 Å². The van der Waals surface area contributed by atoms with E-state index < -0.39 is 0 Å². The Hall–Kier alpha value is -1.12. The van der Waals surface area contributed by atoms with Crippen LogP contribution in [0.25, 0.3) is 0 Å². The van der Waals surface area contributed by atoms with Gasteiger partial charge in [0.15, 0.2) is 0 Å². The minimum absolute atomic E-state index is 0.0274. The summed E-state index contributed by atoms with van der Waals surface area (Å²) in [6.07, 6.45) is 6.10. The highest BCUT2D eigenvalue weighted by molar-refractivity contribution is 5.19. The third kappa shape index (κ3) is 2.03. The predicted octanol–water partition coefficient (Wildman–Crippen LogP) is 2.94. The van der Waals surface area contributed by atoms with Gasteiger partial charge in [-0.05, 0) is 24.7 Å². The molecule has 1 aromatic rings. The molecular formula is C14H20N2O. The molecular weight excluding hydrogens is 212 g/mol. The number of nitrogens with zero attached hydrogens (tertiary/aromatic N) is 1. The molecule has 92 valence electrons. The lowest BCUT2D eigenvalue weighted by atomic mass is 10.0. The van der Waals surface area contributed by atoms with Gasteiger partial charge >= 0.3 is 0 Å². The van der Waals surface area contributed by atoms with Gasteiger partial charge in [-0.25, -0.2) is 4.98 Å². The quantitative estimate of drug-likeness (QED) is 0.852. The molecule has 3 nitrogen and oxygen atoms in total. The van der Waals surface area contributed by atoms with Gasteiger partial charge in [-0.2, -0.15) is 0 Å². The van der Waals surface area contributed by atoms with E-state index in [1.54, 1.807) is 6.07 Å². The second-order valence-electron chi connectivity index (χ2n) is 6.28. The summed E-state index contributed by atoms with van der Waals surface area (Å²) in [6.45, 7) is 4.47. The highest BCUT2D eigenvalue weighted by Crippen LogP contribution is 2.57. The van der Waals surface area contributed by atoms with E-state index in [0.29, 0.717) is 17.3 Å². The normalized spacial score (nSPS) is 27.3. The third-order valence-corrected chi connectivity index (χ3v) is 4.40. The van der Waals surface area contributed by atoms with Crippen LogP contribution in [-0.4, -0.2) is 9.97 Å². The van der Waals surface area contributed by atoms with Gasteiger partial charge in [0, 0.05) is 17.9 Å². The van der Waals surface area contributed by atoms with Crippen LogP contribution in [0.1, 0.15) is 69.3 Å². The van der Waals surface area contributed by atoms with Gasteiger partial charge in [0.05, 0.1) is 5.69 Å². The zero-order chi connectivity index (χ0) is 12.0. The van der Waals surface area contributed by atoms with Crippen LogP contribution >= 0.6 is 0 Å². The summed E-state index contributed by atoms with van der Waals surface area (Å²) in [5.41, 5.74) is 1.38. The number of aromatic nitrogens is 2. The average molecular weight is 232 g/mol. The minimum atomic E-state index is 0.0274. The molecule has 0 saturated heterocycles. The average Bonchev–Trinajstić information content (AvgIpc) is 2.73. The number of aromatic amines is 1. The minimum Gasteiger partial charge on any atom is -0.310 e. The standard InChI is InChI=1S/C14H20N2O/c1-14(2)8-10(14)13-15-11(7-12(17)16-13)9-5-3-4-6-9/h7,9-10H,3-6,8H2,1-2H3,(H,15,16,17). The SMILES string of the molecule is CC1(C)CC1c1nc(C2CCCC2)cc(=O)[nH]1. The Bertz CT molecular complexity index is 457. The van der Waals surface area contributed by atoms with Crippen molar-refractivity contribution in [2.75, 3.05) is 0 Å². The molecule has 0 spiro atoms. The number of hydrogen-bond donors (Lipinski definition) is 1. The molecule has 2 saturated carbocycles. The Morgan fingerprint density at radius 3 is 2.59 bits per heavy atom. The largest absolute Gasteiger partial charge is 0.310 e. The molecule has 1 aromatic heterocycles. The smallest absolute Gasteiger partial charge is 0.251 e. The van der Waals surface area contributed by atoms with E-state index in [1.165, 1.54) is 25.7 Å². The van der Waals surface area contributed by atoms with Gasteiger partial charge in [0.1, 0.15) is 5.82 Å². The fourth-order valence-electron chi connectivity index (χ4n) is 3.03. The lowest BCUT2D eigenvalue weighted by molar-refractivity contribution is 0.599. The Kier molecular flexibility index (Phi) is 2.39. The number of H-pyrrole nitrogens is 1. The topological polar surface area (TPSA) is 45.8 Å². The first-order valence-corrected chi connectivity index (χ1v) is 6.67. The highest BCUT2D eigenvalue weighted by atomic mass is 16.1. The van der Waals surface area contributed by atoms with E-state index in [-0.39, 0.29) is 5.56 Å². The molecule has 2 aliphatic rings. The van der Waals surface area contributed by atoms with Crippen molar-refractivity contribution in [3.8, 4) is 0 Å². The van der Waals surface area contributed by atoms with Crippen molar-refractivity contribution in [3.63, 3.8) is 0 Å². The summed E-state index contributed by atoms with van der Waals surface area (Å²) in [7, 11) is 0. The van der Waals surface area contributed by atoms with Crippen molar-refractivity contribution in [2.24, 2.45) is 5.41 Å². The van der Waals surface area contributed by atoms with Gasteiger partial charge in [0.25, 0.3) is 5.56 Å². The molecule has 0 aromatic carbocycles. The van der Waals surface area contributed by atoms with Gasteiger partial charge in [0.2, 0.25) is 0 Å². The van der Waals surface area contributed by atoms with E-state index in [9.17, 15) is 4.79 Å². The number of hydrogen-bond acceptors (Lipinski definition) is 2. The first kappa shape index (κ1) is 11.0. The maximum Gasteiger partial charge on any atom is 0.251 e. The van der Waals surface area contributed by atoms with Crippen molar-refractivity contribution in [3.05, 3.63) is 27.9 Å². The molecule has 0 bridgehead atoms. The maximum absolute atomic E-state index is 11.7. The Labute approximate surface area is 102 Å². The van der Waals surface area contributed by atoms with E-state index in [1.807, 2.05) is 0 Å². The van der Waals surface area contributed by atoms with Crippen molar-refractivity contribution in [1.29, 1.82) is 0 Å². The number of rotatable bonds is 2. The van der Waals surface area contributed by atoms with Crippen molar-refractivity contribution in [2.45, 2.75) is 57.8 Å². The van der Waals surface area contributed by atoms with Gasteiger partial charge in [-0.15, -0.1) is 0 Å². The lowest BCUT2D eigenvalue weighted by Gasteiger charge is -2.10. The fraction of sp³-hybridized carbons (Fsp3) is 0.714. The van der Waals surface area contributed by atoms with Gasteiger partial charge < -0.3 is 4.98 Å². The van der Waals surface area contributed by atoms with E-state index in [4.69, 9.17) is 4.98 Å². The van der Waals surface area contributed by atoms with Crippen LogP contribution in [-0.2, 0) is 0 Å². The molecule has 1 heterocycles. The van der Waals surface area contributed by atoms with Gasteiger partial charge in [-0.1, -0.05) is 26.7 Å². The Morgan fingerprint density at radius 1 is 1.35 bits per heavy atom. The highest BCUT2D eigenvalue weighted by Gasteiger charge is 2.48. The van der Waals surface area contributed by atoms with Crippen molar-refractivity contribution in [1.82, 2.24) is 9.97 Å². The zero-order valence-electron chi connectivity index (χ0n) is 10.6.